The highest BCUT2D eigenvalue weighted by atomic mass is 79.9. The van der Waals surface area contributed by atoms with Crippen molar-refractivity contribution in [2.45, 2.75) is 0 Å². The number of nitrogens with one attached hydrogen (secondary N) is 1. The second-order valence-electron chi connectivity index (χ2n) is 4.17. The number of methoxy groups -OCH3 is 1. The first-order valence-corrected chi connectivity index (χ1v) is 6.89. The van der Waals surface area contributed by atoms with E-state index in [1.165, 1.54) is 12.1 Å². The third kappa shape index (κ3) is 4.75. The lowest BCUT2D eigenvalue weighted by Crippen LogP contribution is -2.20. The second-order valence-corrected chi connectivity index (χ2v) is 5.09. The molecule has 0 aromatic heterocycles. The van der Waals surface area contributed by atoms with Gasteiger partial charge in [-0.2, -0.15) is 0 Å². The van der Waals surface area contributed by atoms with Crippen molar-refractivity contribution >= 4 is 27.5 Å². The van der Waals surface area contributed by atoms with Crippen molar-refractivity contribution in [3.8, 4) is 11.5 Å². The van der Waals surface area contributed by atoms with Crippen LogP contribution in [-0.2, 0) is 4.79 Å². The molecule has 0 atom stereocenters. The number of rotatable bonds is 5. The first-order chi connectivity index (χ1) is 10.1. The van der Waals surface area contributed by atoms with Crippen molar-refractivity contribution in [2.24, 2.45) is 0 Å². The zero-order valence-electron chi connectivity index (χ0n) is 11.2. The van der Waals surface area contributed by atoms with Crippen LogP contribution in [0, 0.1) is 5.82 Å². The Morgan fingerprint density at radius 3 is 2.52 bits per heavy atom. The Kier molecular flexibility index (Phi) is 5.16. The lowest BCUT2D eigenvalue weighted by Gasteiger charge is -2.08. The molecule has 1 amide bonds. The monoisotopic (exact) mass is 353 g/mol. The summed E-state index contributed by atoms with van der Waals surface area (Å²) in [5, 5.41) is 2.67. The van der Waals surface area contributed by atoms with E-state index in [4.69, 9.17) is 9.47 Å². The number of anilines is 1. The number of ether oxygens (including phenoxy) is 2. The van der Waals surface area contributed by atoms with E-state index in [9.17, 15) is 9.18 Å². The molecule has 1 N–H and O–H groups in total. The van der Waals surface area contributed by atoms with E-state index in [1.807, 2.05) is 0 Å². The molecule has 0 fully saturated rings. The molecule has 6 heteroatoms. The smallest absolute Gasteiger partial charge is 0.262 e. The van der Waals surface area contributed by atoms with Gasteiger partial charge in [0.1, 0.15) is 17.3 Å². The molecule has 0 aliphatic rings. The van der Waals surface area contributed by atoms with Crippen LogP contribution in [0.3, 0.4) is 0 Å². The molecular formula is C15H13BrFNO3. The molecule has 0 bridgehead atoms. The van der Waals surface area contributed by atoms with Gasteiger partial charge in [0.15, 0.2) is 6.61 Å². The summed E-state index contributed by atoms with van der Waals surface area (Å²) in [5.74, 6) is 0.219. The van der Waals surface area contributed by atoms with Crippen molar-refractivity contribution < 1.29 is 18.7 Å². The Labute approximate surface area is 130 Å². The van der Waals surface area contributed by atoms with Crippen molar-refractivity contribution in [3.63, 3.8) is 0 Å². The molecule has 2 aromatic carbocycles. The van der Waals surface area contributed by atoms with Gasteiger partial charge in [-0.15, -0.1) is 0 Å². The molecule has 110 valence electrons. The summed E-state index contributed by atoms with van der Waals surface area (Å²) < 4.78 is 24.0. The van der Waals surface area contributed by atoms with Gasteiger partial charge in [-0.05, 0) is 36.4 Å². The lowest BCUT2D eigenvalue weighted by molar-refractivity contribution is -0.118. The zero-order chi connectivity index (χ0) is 15.2. The number of carbonyl (C=O) groups excluding carboxylic acids is 1. The maximum atomic E-state index is 13.1. The van der Waals surface area contributed by atoms with Gasteiger partial charge < -0.3 is 14.8 Å². The van der Waals surface area contributed by atoms with Gasteiger partial charge in [0.2, 0.25) is 0 Å². The molecule has 2 rings (SSSR count). The molecule has 0 saturated heterocycles. The van der Waals surface area contributed by atoms with Crippen LogP contribution in [0.5, 0.6) is 11.5 Å². The van der Waals surface area contributed by atoms with E-state index in [1.54, 1.807) is 37.4 Å². The maximum Gasteiger partial charge on any atom is 0.262 e. The van der Waals surface area contributed by atoms with Crippen LogP contribution in [-0.4, -0.2) is 19.6 Å². The molecule has 21 heavy (non-hydrogen) atoms. The summed E-state index contributed by atoms with van der Waals surface area (Å²) in [6, 6.07) is 11.0. The van der Waals surface area contributed by atoms with E-state index in [-0.39, 0.29) is 18.3 Å². The number of carbonyl (C=O) groups is 1. The van der Waals surface area contributed by atoms with Gasteiger partial charge in [0.05, 0.1) is 7.11 Å². The van der Waals surface area contributed by atoms with Crippen LogP contribution in [0.2, 0.25) is 0 Å². The van der Waals surface area contributed by atoms with E-state index < -0.39 is 5.82 Å². The summed E-state index contributed by atoms with van der Waals surface area (Å²) in [4.78, 5) is 11.7. The van der Waals surface area contributed by atoms with Crippen LogP contribution in [0.25, 0.3) is 0 Å². The van der Waals surface area contributed by atoms with Crippen molar-refractivity contribution in [2.75, 3.05) is 19.0 Å². The average molecular weight is 354 g/mol. The van der Waals surface area contributed by atoms with E-state index in [0.717, 1.165) is 0 Å². The summed E-state index contributed by atoms with van der Waals surface area (Å²) in [5.41, 5.74) is 0.629. The van der Waals surface area contributed by atoms with E-state index in [2.05, 4.69) is 21.2 Å². The van der Waals surface area contributed by atoms with Crippen LogP contribution in [0.4, 0.5) is 10.1 Å². The standard InChI is InChI=1S/C15H13BrFNO3/c1-20-13-4-2-12(3-5-13)18-15(19)9-21-14-7-10(16)6-11(17)8-14/h2-8H,9H2,1H3,(H,18,19). The Balaban J connectivity index is 1.89. The van der Waals surface area contributed by atoms with Gasteiger partial charge in [0, 0.05) is 16.2 Å². The Morgan fingerprint density at radius 2 is 1.90 bits per heavy atom. The predicted molar refractivity (Wildman–Crippen MR) is 81.2 cm³/mol. The number of benzene rings is 2. The van der Waals surface area contributed by atoms with Crippen LogP contribution in [0.15, 0.2) is 46.9 Å². The van der Waals surface area contributed by atoms with Gasteiger partial charge in [0.25, 0.3) is 5.91 Å². The first kappa shape index (κ1) is 15.3. The fourth-order valence-electron chi connectivity index (χ4n) is 1.63. The molecule has 0 heterocycles. The minimum atomic E-state index is -0.435. The Morgan fingerprint density at radius 1 is 1.19 bits per heavy atom. The van der Waals surface area contributed by atoms with Gasteiger partial charge >= 0.3 is 0 Å². The number of hydrogen-bond donors (Lipinski definition) is 1. The average Bonchev–Trinajstić information content (AvgIpc) is 2.45. The van der Waals surface area contributed by atoms with Crippen LogP contribution < -0.4 is 14.8 Å². The SMILES string of the molecule is COc1ccc(NC(=O)COc2cc(F)cc(Br)c2)cc1. The van der Waals surface area contributed by atoms with Gasteiger partial charge in [-0.1, -0.05) is 15.9 Å². The van der Waals surface area contributed by atoms with Crippen molar-refractivity contribution in [3.05, 3.63) is 52.8 Å². The molecule has 0 aliphatic carbocycles. The van der Waals surface area contributed by atoms with Crippen molar-refractivity contribution in [1.82, 2.24) is 0 Å². The van der Waals surface area contributed by atoms with Crippen LogP contribution >= 0.6 is 15.9 Å². The fraction of sp³-hybridized carbons (Fsp3) is 0.133. The molecular weight excluding hydrogens is 341 g/mol. The third-order valence-electron chi connectivity index (χ3n) is 2.58. The number of hydrogen-bond acceptors (Lipinski definition) is 3. The first-order valence-electron chi connectivity index (χ1n) is 6.09. The largest absolute Gasteiger partial charge is 0.497 e. The topological polar surface area (TPSA) is 47.6 Å². The summed E-state index contributed by atoms with van der Waals surface area (Å²) in [7, 11) is 1.57. The summed E-state index contributed by atoms with van der Waals surface area (Å²) >= 11 is 3.15. The van der Waals surface area contributed by atoms with Gasteiger partial charge in [-0.3, -0.25) is 4.79 Å². The summed E-state index contributed by atoms with van der Waals surface area (Å²) in [6.07, 6.45) is 0. The quantitative estimate of drug-likeness (QED) is 0.892. The number of halogens is 2. The normalized spacial score (nSPS) is 10.0. The second kappa shape index (κ2) is 7.08. The highest BCUT2D eigenvalue weighted by Gasteiger charge is 2.06. The third-order valence-corrected chi connectivity index (χ3v) is 3.04. The fourth-order valence-corrected chi connectivity index (χ4v) is 2.08. The highest BCUT2D eigenvalue weighted by molar-refractivity contribution is 9.10. The molecule has 0 radical (unpaired) electrons. The minimum absolute atomic E-state index is 0.206. The molecule has 0 aliphatic heterocycles. The molecule has 0 saturated carbocycles. The minimum Gasteiger partial charge on any atom is -0.497 e. The van der Waals surface area contributed by atoms with E-state index >= 15 is 0 Å². The Bertz CT molecular complexity index is 611. The van der Waals surface area contributed by atoms with Crippen molar-refractivity contribution in [1.29, 1.82) is 0 Å². The molecule has 2 aromatic rings. The zero-order valence-corrected chi connectivity index (χ0v) is 12.8. The van der Waals surface area contributed by atoms with Gasteiger partial charge in [-0.25, -0.2) is 4.39 Å². The molecule has 4 nitrogen and oxygen atoms in total. The lowest BCUT2D eigenvalue weighted by atomic mass is 10.3. The van der Waals surface area contributed by atoms with E-state index in [0.29, 0.717) is 15.9 Å². The maximum absolute atomic E-state index is 13.1. The summed E-state index contributed by atoms with van der Waals surface area (Å²) in [6.45, 7) is -0.206. The highest BCUT2D eigenvalue weighted by Crippen LogP contribution is 2.20. The number of amides is 1. The molecule has 0 unspecified atom stereocenters. The Hall–Kier alpha value is -2.08. The van der Waals surface area contributed by atoms with Crippen LogP contribution in [0.1, 0.15) is 0 Å². The predicted octanol–water partition coefficient (Wildman–Crippen LogP) is 3.61. The molecule has 0 spiro atoms.